The molecule has 0 aromatic carbocycles. The first kappa shape index (κ1) is 21.7. The van der Waals surface area contributed by atoms with Gasteiger partial charge in [0, 0.05) is 14.2 Å². The predicted molar refractivity (Wildman–Crippen MR) is 89.3 cm³/mol. The number of hydrogen-bond acceptors (Lipinski definition) is 5. The average molecular weight is 331 g/mol. The number of hydrogen-bond donors (Lipinski definition) is 0. The van der Waals surface area contributed by atoms with Gasteiger partial charge in [-0.15, -0.1) is 0 Å². The Morgan fingerprint density at radius 2 is 1.74 bits per heavy atom. The van der Waals surface area contributed by atoms with Crippen molar-refractivity contribution in [3.8, 4) is 0 Å². The van der Waals surface area contributed by atoms with E-state index in [4.69, 9.17) is 14.2 Å². The molecule has 0 bridgehead atoms. The highest BCUT2D eigenvalue weighted by Gasteiger charge is 2.35. The van der Waals surface area contributed by atoms with Gasteiger partial charge in [0.1, 0.15) is 5.60 Å². The van der Waals surface area contributed by atoms with Crippen molar-refractivity contribution in [1.82, 2.24) is 4.90 Å². The monoisotopic (exact) mass is 331 g/mol. The van der Waals surface area contributed by atoms with Crippen LogP contribution in [0.3, 0.4) is 0 Å². The molecule has 0 aliphatic carbocycles. The molecule has 136 valence electrons. The van der Waals surface area contributed by atoms with E-state index in [1.807, 2.05) is 34.6 Å². The quantitative estimate of drug-likeness (QED) is 0.639. The van der Waals surface area contributed by atoms with Gasteiger partial charge in [-0.25, -0.2) is 4.79 Å². The van der Waals surface area contributed by atoms with Crippen molar-refractivity contribution in [2.24, 2.45) is 5.92 Å². The number of carbonyl (C=O) groups is 2. The van der Waals surface area contributed by atoms with Crippen LogP contribution >= 0.6 is 0 Å². The molecule has 0 N–H and O–H groups in total. The third-order valence-corrected chi connectivity index (χ3v) is 3.71. The van der Waals surface area contributed by atoms with Crippen LogP contribution in [0.15, 0.2) is 0 Å². The molecule has 23 heavy (non-hydrogen) atoms. The minimum atomic E-state index is -0.574. The van der Waals surface area contributed by atoms with Crippen molar-refractivity contribution in [2.75, 3.05) is 20.8 Å². The van der Waals surface area contributed by atoms with Gasteiger partial charge in [-0.1, -0.05) is 20.3 Å². The maximum Gasteiger partial charge on any atom is 0.410 e. The fraction of sp³-hybridized carbons (Fsp3) is 0.882. The summed E-state index contributed by atoms with van der Waals surface area (Å²) in [5.74, 6) is -0.183. The molecule has 0 unspecified atom stereocenters. The highest BCUT2D eigenvalue weighted by atomic mass is 16.6. The van der Waals surface area contributed by atoms with E-state index < -0.39 is 17.8 Å². The van der Waals surface area contributed by atoms with E-state index in [9.17, 15) is 9.59 Å². The lowest BCUT2D eigenvalue weighted by atomic mass is 9.91. The summed E-state index contributed by atoms with van der Waals surface area (Å²) >= 11 is 0. The zero-order valence-corrected chi connectivity index (χ0v) is 15.8. The number of ether oxygens (including phenoxy) is 3. The molecule has 0 spiro atoms. The summed E-state index contributed by atoms with van der Waals surface area (Å²) in [6.07, 6.45) is 0.0858. The van der Waals surface area contributed by atoms with Crippen LogP contribution in [-0.2, 0) is 19.0 Å². The minimum Gasteiger partial charge on any atom is -0.466 e. The van der Waals surface area contributed by atoms with Gasteiger partial charge >= 0.3 is 12.1 Å². The zero-order chi connectivity index (χ0) is 18.2. The number of likely N-dealkylation sites (N-methyl/N-ethyl adjacent to an activating group) is 1. The second-order valence-corrected chi connectivity index (χ2v) is 6.75. The van der Waals surface area contributed by atoms with Gasteiger partial charge in [-0.2, -0.15) is 0 Å². The molecule has 0 radical (unpaired) electrons. The Hall–Kier alpha value is -1.30. The maximum absolute atomic E-state index is 12.4. The molecule has 0 aromatic heterocycles. The lowest BCUT2D eigenvalue weighted by Gasteiger charge is -2.38. The standard InChI is InChI=1S/C17H33NO5/c1-9-12(3)15(13(21-8)11-14(19)22-10-2)18(7)16(20)23-17(4,5)6/h12-13,15H,9-11H2,1-8H3/t12-,13-,15-/m0/s1. The van der Waals surface area contributed by atoms with Crippen LogP contribution in [0.5, 0.6) is 0 Å². The van der Waals surface area contributed by atoms with Gasteiger partial charge in [0.2, 0.25) is 0 Å². The van der Waals surface area contributed by atoms with Crippen molar-refractivity contribution in [3.05, 3.63) is 0 Å². The highest BCUT2D eigenvalue weighted by Crippen LogP contribution is 2.23. The van der Waals surface area contributed by atoms with E-state index in [2.05, 4.69) is 0 Å². The molecule has 0 saturated carbocycles. The average Bonchev–Trinajstić information content (AvgIpc) is 2.44. The van der Waals surface area contributed by atoms with E-state index in [1.165, 1.54) is 4.90 Å². The number of carbonyl (C=O) groups excluding carboxylic acids is 2. The molecule has 0 fully saturated rings. The lowest BCUT2D eigenvalue weighted by molar-refractivity contribution is -0.147. The summed E-state index contributed by atoms with van der Waals surface area (Å²) in [5, 5.41) is 0. The summed E-state index contributed by atoms with van der Waals surface area (Å²) in [6, 6.07) is -0.274. The molecule has 0 heterocycles. The summed E-state index contributed by atoms with van der Waals surface area (Å²) in [5.41, 5.74) is -0.574. The van der Waals surface area contributed by atoms with Gasteiger partial charge in [0.15, 0.2) is 0 Å². The maximum atomic E-state index is 12.4. The normalized spacial score (nSPS) is 15.5. The Morgan fingerprint density at radius 3 is 2.13 bits per heavy atom. The van der Waals surface area contributed by atoms with Gasteiger partial charge in [-0.05, 0) is 33.6 Å². The molecule has 0 aliphatic rings. The minimum absolute atomic E-state index is 0.104. The van der Waals surface area contributed by atoms with Crippen LogP contribution in [-0.4, -0.2) is 55.5 Å². The fourth-order valence-corrected chi connectivity index (χ4v) is 2.42. The van der Waals surface area contributed by atoms with Crippen molar-refractivity contribution in [1.29, 1.82) is 0 Å². The van der Waals surface area contributed by atoms with Gasteiger partial charge in [0.25, 0.3) is 0 Å². The summed E-state index contributed by atoms with van der Waals surface area (Å²) in [7, 11) is 3.23. The Bertz CT molecular complexity index is 378. The first-order valence-electron chi connectivity index (χ1n) is 8.21. The molecule has 3 atom stereocenters. The van der Waals surface area contributed by atoms with Crippen LogP contribution in [0.1, 0.15) is 54.4 Å². The number of methoxy groups -OCH3 is 1. The van der Waals surface area contributed by atoms with E-state index in [0.29, 0.717) is 6.61 Å². The molecule has 0 aliphatic heterocycles. The van der Waals surface area contributed by atoms with Gasteiger partial charge in [0.05, 0.1) is 25.2 Å². The SMILES string of the molecule is CCOC(=O)C[C@H](OC)[C@H]([C@@H](C)CC)N(C)C(=O)OC(C)(C)C. The first-order chi connectivity index (χ1) is 10.6. The molecular weight excluding hydrogens is 298 g/mol. The van der Waals surface area contributed by atoms with E-state index in [-0.39, 0.29) is 24.3 Å². The Kier molecular flexibility index (Phi) is 9.20. The third kappa shape index (κ3) is 7.68. The zero-order valence-electron chi connectivity index (χ0n) is 15.8. The van der Waals surface area contributed by atoms with E-state index in [0.717, 1.165) is 6.42 Å². The van der Waals surface area contributed by atoms with Crippen LogP contribution in [0, 0.1) is 5.92 Å². The predicted octanol–water partition coefficient (Wildman–Crippen LogP) is 3.24. The Balaban J connectivity index is 5.23. The highest BCUT2D eigenvalue weighted by molar-refractivity contribution is 5.71. The molecule has 1 amide bonds. The number of rotatable bonds is 8. The summed E-state index contributed by atoms with van der Waals surface area (Å²) in [4.78, 5) is 25.7. The van der Waals surface area contributed by atoms with Crippen LogP contribution in [0.4, 0.5) is 4.79 Å². The second-order valence-electron chi connectivity index (χ2n) is 6.75. The van der Waals surface area contributed by atoms with E-state index in [1.54, 1.807) is 21.1 Å². The largest absolute Gasteiger partial charge is 0.466 e. The van der Waals surface area contributed by atoms with Crippen molar-refractivity contribution in [2.45, 2.75) is 72.1 Å². The number of esters is 1. The van der Waals surface area contributed by atoms with Crippen LogP contribution in [0.25, 0.3) is 0 Å². The summed E-state index contributed by atoms with van der Waals surface area (Å²) < 4.78 is 15.9. The molecule has 0 saturated heterocycles. The van der Waals surface area contributed by atoms with Crippen LogP contribution in [0.2, 0.25) is 0 Å². The lowest BCUT2D eigenvalue weighted by Crippen LogP contribution is -2.51. The van der Waals surface area contributed by atoms with Crippen molar-refractivity contribution in [3.63, 3.8) is 0 Å². The molecule has 6 heteroatoms. The Labute approximate surface area is 140 Å². The van der Waals surface area contributed by atoms with Crippen molar-refractivity contribution < 1.29 is 23.8 Å². The molecule has 0 rings (SSSR count). The summed E-state index contributed by atoms with van der Waals surface area (Å²) in [6.45, 7) is 11.6. The first-order valence-corrected chi connectivity index (χ1v) is 8.21. The molecule has 0 aromatic rings. The topological polar surface area (TPSA) is 65.1 Å². The number of amides is 1. The van der Waals surface area contributed by atoms with Crippen LogP contribution < -0.4 is 0 Å². The second kappa shape index (κ2) is 9.75. The van der Waals surface area contributed by atoms with Gasteiger partial charge in [-0.3, -0.25) is 4.79 Å². The smallest absolute Gasteiger partial charge is 0.410 e. The fourth-order valence-electron chi connectivity index (χ4n) is 2.42. The Morgan fingerprint density at radius 1 is 1.17 bits per heavy atom. The molecule has 6 nitrogen and oxygen atoms in total. The van der Waals surface area contributed by atoms with Gasteiger partial charge < -0.3 is 19.1 Å². The molecular formula is C17H33NO5. The van der Waals surface area contributed by atoms with Crippen molar-refractivity contribution >= 4 is 12.1 Å². The number of nitrogens with zero attached hydrogens (tertiary/aromatic N) is 1. The van der Waals surface area contributed by atoms with E-state index >= 15 is 0 Å². The third-order valence-electron chi connectivity index (χ3n) is 3.71.